The molecule has 0 aliphatic carbocycles. The molecule has 1 aromatic carbocycles. The van der Waals surface area contributed by atoms with Crippen molar-refractivity contribution in [3.8, 4) is 0 Å². The predicted octanol–water partition coefficient (Wildman–Crippen LogP) is 2.42. The quantitative estimate of drug-likeness (QED) is 0.831. The molecule has 0 bridgehead atoms. The van der Waals surface area contributed by atoms with E-state index in [0.717, 1.165) is 35.5 Å². The van der Waals surface area contributed by atoms with E-state index < -0.39 is 0 Å². The van der Waals surface area contributed by atoms with Crippen LogP contribution in [0.2, 0.25) is 0 Å². The predicted molar refractivity (Wildman–Crippen MR) is 79.0 cm³/mol. The van der Waals surface area contributed by atoms with Crippen LogP contribution in [0.25, 0.3) is 11.0 Å². The molecule has 1 aromatic heterocycles. The first-order valence-electron chi connectivity index (χ1n) is 6.98. The average molecular weight is 258 g/mol. The number of nitrogens with zero attached hydrogens (tertiary/aromatic N) is 2. The van der Waals surface area contributed by atoms with Gasteiger partial charge in [0.05, 0.1) is 11.0 Å². The molecule has 1 aliphatic heterocycles. The van der Waals surface area contributed by atoms with E-state index in [1.165, 1.54) is 19.5 Å². The van der Waals surface area contributed by atoms with Crippen LogP contribution in [0.3, 0.4) is 0 Å². The molecule has 3 N–H and O–H groups in total. The number of fused-ring (bicyclic) bond motifs is 1. The number of benzene rings is 1. The number of anilines is 1. The Morgan fingerprint density at radius 1 is 1.42 bits per heavy atom. The fraction of sp³-hybridized carbons (Fsp3) is 0.533. The number of aromatic nitrogens is 2. The molecule has 3 rings (SSSR count). The highest BCUT2D eigenvalue weighted by atomic mass is 15.2. The summed E-state index contributed by atoms with van der Waals surface area (Å²) < 4.78 is 0. The lowest BCUT2D eigenvalue weighted by atomic mass is 9.93. The van der Waals surface area contributed by atoms with Crippen LogP contribution in [0.4, 0.5) is 5.69 Å². The van der Waals surface area contributed by atoms with Crippen molar-refractivity contribution in [3.05, 3.63) is 24.0 Å². The lowest BCUT2D eigenvalue weighted by Gasteiger charge is -2.18. The number of aromatic amines is 1. The van der Waals surface area contributed by atoms with Gasteiger partial charge < -0.3 is 15.6 Å². The molecule has 0 spiro atoms. The molecular formula is C15H22N4. The first kappa shape index (κ1) is 12.5. The number of nitrogens with two attached hydrogens (primary N) is 1. The zero-order valence-corrected chi connectivity index (χ0v) is 11.7. The number of hydrogen-bond donors (Lipinski definition) is 2. The summed E-state index contributed by atoms with van der Waals surface area (Å²) in [5.74, 6) is 1.06. The van der Waals surface area contributed by atoms with Crippen LogP contribution in [0, 0.1) is 5.41 Å². The summed E-state index contributed by atoms with van der Waals surface area (Å²) in [7, 11) is 0. The number of nitrogen functional groups attached to an aromatic ring is 1. The summed E-state index contributed by atoms with van der Waals surface area (Å²) in [6, 6.07) is 5.82. The molecular weight excluding hydrogens is 236 g/mol. The normalized spacial score (nSPS) is 19.3. The molecule has 4 nitrogen and oxygen atoms in total. The van der Waals surface area contributed by atoms with E-state index in [9.17, 15) is 0 Å². The fourth-order valence-corrected chi connectivity index (χ4v) is 2.88. The number of H-pyrrole nitrogens is 1. The Hall–Kier alpha value is -1.55. The van der Waals surface area contributed by atoms with Gasteiger partial charge in [-0.25, -0.2) is 4.98 Å². The highest BCUT2D eigenvalue weighted by molar-refractivity contribution is 5.78. The number of imidazole rings is 1. The standard InChI is InChI=1S/C15H22N4/c1-15(2)6-8-19(10-15)7-5-14-17-12-4-3-11(16)9-13(12)18-14/h3-4,9H,5-8,10,16H2,1-2H3,(H,17,18). The number of rotatable bonds is 3. The molecule has 2 heterocycles. The summed E-state index contributed by atoms with van der Waals surface area (Å²) in [4.78, 5) is 10.5. The van der Waals surface area contributed by atoms with E-state index in [1.807, 2.05) is 18.2 Å². The minimum Gasteiger partial charge on any atom is -0.399 e. The van der Waals surface area contributed by atoms with Crippen LogP contribution >= 0.6 is 0 Å². The topological polar surface area (TPSA) is 57.9 Å². The highest BCUT2D eigenvalue weighted by Gasteiger charge is 2.28. The molecule has 0 amide bonds. The third-order valence-electron chi connectivity index (χ3n) is 3.98. The van der Waals surface area contributed by atoms with Gasteiger partial charge in [-0.3, -0.25) is 0 Å². The van der Waals surface area contributed by atoms with Gasteiger partial charge in [-0.2, -0.15) is 0 Å². The number of hydrogen-bond acceptors (Lipinski definition) is 3. The lowest BCUT2D eigenvalue weighted by Crippen LogP contribution is -2.25. The Morgan fingerprint density at radius 2 is 2.26 bits per heavy atom. The first-order valence-corrected chi connectivity index (χ1v) is 6.98. The molecule has 1 fully saturated rings. The SMILES string of the molecule is CC1(C)CCN(CCc2nc3ccc(N)cc3[nH]2)C1. The molecule has 102 valence electrons. The van der Waals surface area contributed by atoms with Crippen molar-refractivity contribution < 1.29 is 0 Å². The monoisotopic (exact) mass is 258 g/mol. The van der Waals surface area contributed by atoms with Gasteiger partial charge in [-0.15, -0.1) is 0 Å². The van der Waals surface area contributed by atoms with Gasteiger partial charge in [0.25, 0.3) is 0 Å². The van der Waals surface area contributed by atoms with Crippen molar-refractivity contribution in [2.75, 3.05) is 25.4 Å². The smallest absolute Gasteiger partial charge is 0.108 e. The van der Waals surface area contributed by atoms with Gasteiger partial charge in [-0.05, 0) is 36.6 Å². The minimum absolute atomic E-state index is 0.475. The fourth-order valence-electron chi connectivity index (χ4n) is 2.88. The number of nitrogens with one attached hydrogen (secondary N) is 1. The molecule has 1 saturated heterocycles. The van der Waals surface area contributed by atoms with Crippen molar-refractivity contribution in [2.45, 2.75) is 26.7 Å². The molecule has 0 saturated carbocycles. The van der Waals surface area contributed by atoms with E-state index in [1.54, 1.807) is 0 Å². The summed E-state index contributed by atoms with van der Waals surface area (Å²) >= 11 is 0. The van der Waals surface area contributed by atoms with E-state index >= 15 is 0 Å². The molecule has 1 aliphatic rings. The average Bonchev–Trinajstić information content (AvgIpc) is 2.89. The van der Waals surface area contributed by atoms with Crippen molar-refractivity contribution in [3.63, 3.8) is 0 Å². The molecule has 4 heteroatoms. The second-order valence-electron chi connectivity index (χ2n) is 6.40. The van der Waals surface area contributed by atoms with Gasteiger partial charge >= 0.3 is 0 Å². The zero-order chi connectivity index (χ0) is 13.5. The number of likely N-dealkylation sites (tertiary alicyclic amines) is 1. The zero-order valence-electron chi connectivity index (χ0n) is 11.7. The van der Waals surface area contributed by atoms with Crippen molar-refractivity contribution in [1.82, 2.24) is 14.9 Å². The summed E-state index contributed by atoms with van der Waals surface area (Å²) in [6.45, 7) is 8.17. The lowest BCUT2D eigenvalue weighted by molar-refractivity contribution is 0.292. The Morgan fingerprint density at radius 3 is 3.00 bits per heavy atom. The Kier molecular flexibility index (Phi) is 2.97. The third kappa shape index (κ3) is 2.73. The second-order valence-corrected chi connectivity index (χ2v) is 6.40. The third-order valence-corrected chi connectivity index (χ3v) is 3.98. The van der Waals surface area contributed by atoms with Crippen LogP contribution in [0.1, 0.15) is 26.1 Å². The van der Waals surface area contributed by atoms with Gasteiger partial charge in [0.15, 0.2) is 0 Å². The van der Waals surface area contributed by atoms with E-state index in [4.69, 9.17) is 5.73 Å². The maximum atomic E-state index is 5.78. The highest BCUT2D eigenvalue weighted by Crippen LogP contribution is 2.28. The van der Waals surface area contributed by atoms with Crippen molar-refractivity contribution in [2.24, 2.45) is 5.41 Å². The van der Waals surface area contributed by atoms with E-state index in [2.05, 4.69) is 28.7 Å². The first-order chi connectivity index (χ1) is 9.02. The van der Waals surface area contributed by atoms with Gasteiger partial charge in [0.2, 0.25) is 0 Å². The largest absolute Gasteiger partial charge is 0.399 e. The minimum atomic E-state index is 0.475. The van der Waals surface area contributed by atoms with Gasteiger partial charge in [-0.1, -0.05) is 13.8 Å². The molecule has 2 aromatic rings. The molecule has 19 heavy (non-hydrogen) atoms. The van der Waals surface area contributed by atoms with E-state index in [-0.39, 0.29) is 0 Å². The van der Waals surface area contributed by atoms with Gasteiger partial charge in [0.1, 0.15) is 5.82 Å². The van der Waals surface area contributed by atoms with Crippen LogP contribution in [-0.2, 0) is 6.42 Å². The Balaban J connectivity index is 1.66. The maximum absolute atomic E-state index is 5.78. The molecule has 0 radical (unpaired) electrons. The van der Waals surface area contributed by atoms with Crippen LogP contribution < -0.4 is 5.73 Å². The van der Waals surface area contributed by atoms with Crippen LogP contribution in [0.15, 0.2) is 18.2 Å². The molecule has 0 unspecified atom stereocenters. The summed E-state index contributed by atoms with van der Waals surface area (Å²) in [5.41, 5.74) is 9.08. The van der Waals surface area contributed by atoms with Gasteiger partial charge in [0, 0.05) is 25.2 Å². The van der Waals surface area contributed by atoms with E-state index in [0.29, 0.717) is 5.41 Å². The van der Waals surface area contributed by atoms with Crippen LogP contribution in [0.5, 0.6) is 0 Å². The van der Waals surface area contributed by atoms with Crippen LogP contribution in [-0.4, -0.2) is 34.5 Å². The Bertz CT molecular complexity index is 585. The molecule has 0 atom stereocenters. The Labute approximate surface area is 114 Å². The maximum Gasteiger partial charge on any atom is 0.108 e. The second kappa shape index (κ2) is 4.53. The summed E-state index contributed by atoms with van der Waals surface area (Å²) in [6.07, 6.45) is 2.27. The summed E-state index contributed by atoms with van der Waals surface area (Å²) in [5, 5.41) is 0. The van der Waals surface area contributed by atoms with Crippen molar-refractivity contribution >= 4 is 16.7 Å². The van der Waals surface area contributed by atoms with Crippen molar-refractivity contribution in [1.29, 1.82) is 0 Å².